The molecule has 0 fully saturated rings. The zero-order valence-electron chi connectivity index (χ0n) is 14.9. The molecule has 2 aromatic carbocycles. The number of carbonyl (C=O) groups excluding carboxylic acids is 2. The highest BCUT2D eigenvalue weighted by Crippen LogP contribution is 2.23. The molecule has 0 unspecified atom stereocenters. The molecule has 8 nitrogen and oxygen atoms in total. The Balaban J connectivity index is 1.56. The summed E-state index contributed by atoms with van der Waals surface area (Å²) in [4.78, 5) is 26.4. The second kappa shape index (κ2) is 7.06. The van der Waals surface area contributed by atoms with Gasteiger partial charge in [0.25, 0.3) is 0 Å². The molecule has 0 bridgehead atoms. The summed E-state index contributed by atoms with van der Waals surface area (Å²) in [6, 6.07) is 10.8. The fourth-order valence-electron chi connectivity index (χ4n) is 3.34. The maximum absolute atomic E-state index is 12.8. The summed E-state index contributed by atoms with van der Waals surface area (Å²) in [5.41, 5.74) is 4.53. The number of aryl methyl sites for hydroxylation is 1. The van der Waals surface area contributed by atoms with Gasteiger partial charge in [-0.1, -0.05) is 12.1 Å². The van der Waals surface area contributed by atoms with Crippen molar-refractivity contribution in [1.29, 1.82) is 0 Å². The predicted octanol–water partition coefficient (Wildman–Crippen LogP) is 2.72. The third-order valence-electron chi connectivity index (χ3n) is 4.74. The van der Waals surface area contributed by atoms with Crippen molar-refractivity contribution >= 4 is 28.7 Å². The normalized spacial score (nSPS) is 13.7. The fraction of sp³-hybridized carbons (Fsp3) is 0.263. The fourth-order valence-corrected chi connectivity index (χ4v) is 3.34. The van der Waals surface area contributed by atoms with Gasteiger partial charge < -0.3 is 15.0 Å². The van der Waals surface area contributed by atoms with Gasteiger partial charge in [0, 0.05) is 13.1 Å². The first-order valence-corrected chi connectivity index (χ1v) is 8.71. The van der Waals surface area contributed by atoms with Crippen molar-refractivity contribution in [3.63, 3.8) is 0 Å². The van der Waals surface area contributed by atoms with Gasteiger partial charge in [-0.2, -0.15) is 15.4 Å². The van der Waals surface area contributed by atoms with Crippen molar-refractivity contribution in [3.05, 3.63) is 53.1 Å². The zero-order chi connectivity index (χ0) is 18.8. The number of methoxy groups -OCH3 is 1. The number of ether oxygens (including phenoxy) is 1. The third kappa shape index (κ3) is 3.33. The number of benzene rings is 2. The molecular formula is C19H19N5O3. The monoisotopic (exact) mass is 365 g/mol. The number of H-pyrrole nitrogens is 1. The number of hydrogen-bond acceptors (Lipinski definition) is 5. The summed E-state index contributed by atoms with van der Waals surface area (Å²) < 4.78 is 4.80. The van der Waals surface area contributed by atoms with Gasteiger partial charge in [-0.25, -0.2) is 9.59 Å². The van der Waals surface area contributed by atoms with Gasteiger partial charge in [0.05, 0.1) is 18.4 Å². The number of amides is 2. The van der Waals surface area contributed by atoms with Crippen molar-refractivity contribution in [3.8, 4) is 0 Å². The second-order valence-electron chi connectivity index (χ2n) is 6.43. The lowest BCUT2D eigenvalue weighted by atomic mass is 10.0. The number of nitrogens with one attached hydrogen (secondary N) is 2. The van der Waals surface area contributed by atoms with Crippen LogP contribution in [0.2, 0.25) is 0 Å². The van der Waals surface area contributed by atoms with Gasteiger partial charge in [0.15, 0.2) is 0 Å². The van der Waals surface area contributed by atoms with Crippen molar-refractivity contribution in [1.82, 2.24) is 20.3 Å². The lowest BCUT2D eigenvalue weighted by Gasteiger charge is -2.21. The average Bonchev–Trinajstić information content (AvgIpc) is 3.07. The quantitative estimate of drug-likeness (QED) is 0.680. The Morgan fingerprint density at radius 3 is 2.93 bits per heavy atom. The minimum Gasteiger partial charge on any atom is -0.465 e. The van der Waals surface area contributed by atoms with Crippen LogP contribution in [0.4, 0.5) is 10.5 Å². The molecule has 2 heterocycles. The van der Waals surface area contributed by atoms with Crippen LogP contribution in [0.15, 0.2) is 36.4 Å². The molecule has 4 rings (SSSR count). The number of hydrogen-bond donors (Lipinski definition) is 2. The molecule has 0 saturated heterocycles. The molecule has 0 aliphatic carbocycles. The first kappa shape index (κ1) is 17.0. The lowest BCUT2D eigenvalue weighted by Crippen LogP contribution is -2.34. The largest absolute Gasteiger partial charge is 0.465 e. The Kier molecular flexibility index (Phi) is 4.45. The van der Waals surface area contributed by atoms with E-state index in [-0.39, 0.29) is 12.0 Å². The van der Waals surface area contributed by atoms with Gasteiger partial charge in [-0.15, -0.1) is 0 Å². The molecule has 0 spiro atoms. The Labute approximate surface area is 155 Å². The Bertz CT molecular complexity index is 1010. The van der Waals surface area contributed by atoms with E-state index in [0.717, 1.165) is 24.0 Å². The van der Waals surface area contributed by atoms with Gasteiger partial charge in [-0.05, 0) is 48.2 Å². The summed E-state index contributed by atoms with van der Waals surface area (Å²) in [5.74, 6) is -0.379. The number of nitrogens with zero attached hydrogens (tertiary/aromatic N) is 3. The van der Waals surface area contributed by atoms with Crippen molar-refractivity contribution in [2.75, 3.05) is 19.0 Å². The van der Waals surface area contributed by atoms with Crippen LogP contribution in [0.1, 0.15) is 27.9 Å². The van der Waals surface area contributed by atoms with Crippen LogP contribution < -0.4 is 5.32 Å². The standard InChI is InChI=1S/C19H19N5O3/c1-27-18(25)13-8-7-12-4-3-9-24(11-14(12)10-13)19(26)20-15-5-2-6-16-17(15)22-23-21-16/h2,5-8,10H,3-4,9,11H2,1H3,(H,20,26)(H,21,22,23). The summed E-state index contributed by atoms with van der Waals surface area (Å²) in [6.07, 6.45) is 1.71. The first-order valence-electron chi connectivity index (χ1n) is 8.71. The van der Waals surface area contributed by atoms with E-state index in [1.807, 2.05) is 24.3 Å². The Hall–Kier alpha value is -3.42. The first-order chi connectivity index (χ1) is 13.2. The predicted molar refractivity (Wildman–Crippen MR) is 99.4 cm³/mol. The number of carbonyl (C=O) groups is 2. The number of fused-ring (bicyclic) bond motifs is 2. The highest BCUT2D eigenvalue weighted by atomic mass is 16.5. The highest BCUT2D eigenvalue weighted by Gasteiger charge is 2.21. The van der Waals surface area contributed by atoms with E-state index in [4.69, 9.17) is 4.74 Å². The number of aromatic nitrogens is 3. The van der Waals surface area contributed by atoms with Crippen LogP contribution in [0, 0.1) is 0 Å². The smallest absolute Gasteiger partial charge is 0.337 e. The van der Waals surface area contributed by atoms with E-state index in [9.17, 15) is 9.59 Å². The number of esters is 1. The van der Waals surface area contributed by atoms with E-state index in [2.05, 4.69) is 20.7 Å². The molecule has 1 aliphatic rings. The molecule has 0 atom stereocenters. The molecule has 0 radical (unpaired) electrons. The topological polar surface area (TPSA) is 100 Å². The third-order valence-corrected chi connectivity index (χ3v) is 4.74. The number of aromatic amines is 1. The summed E-state index contributed by atoms with van der Waals surface area (Å²) in [6.45, 7) is 1.06. The SMILES string of the molecule is COC(=O)c1ccc2c(c1)CN(C(=O)Nc1cccc3n[nH]nc13)CCC2. The van der Waals surface area contributed by atoms with Gasteiger partial charge in [0.2, 0.25) is 0 Å². The highest BCUT2D eigenvalue weighted by molar-refractivity contribution is 5.98. The van der Waals surface area contributed by atoms with E-state index in [1.165, 1.54) is 7.11 Å². The maximum Gasteiger partial charge on any atom is 0.337 e. The number of anilines is 1. The van der Waals surface area contributed by atoms with Crippen LogP contribution in [0.3, 0.4) is 0 Å². The van der Waals surface area contributed by atoms with E-state index >= 15 is 0 Å². The van der Waals surface area contributed by atoms with Gasteiger partial charge in [0.1, 0.15) is 11.0 Å². The number of urea groups is 1. The van der Waals surface area contributed by atoms with Crippen molar-refractivity contribution < 1.29 is 14.3 Å². The average molecular weight is 365 g/mol. The number of para-hydroxylation sites is 1. The van der Waals surface area contributed by atoms with Crippen molar-refractivity contribution in [2.24, 2.45) is 0 Å². The second-order valence-corrected chi connectivity index (χ2v) is 6.43. The molecule has 8 heteroatoms. The summed E-state index contributed by atoms with van der Waals surface area (Å²) in [7, 11) is 1.36. The zero-order valence-corrected chi connectivity index (χ0v) is 14.9. The minimum atomic E-state index is -0.379. The molecule has 1 aliphatic heterocycles. The summed E-state index contributed by atoms with van der Waals surface area (Å²) >= 11 is 0. The summed E-state index contributed by atoms with van der Waals surface area (Å²) in [5, 5.41) is 13.6. The Morgan fingerprint density at radius 2 is 2.07 bits per heavy atom. The van der Waals surface area contributed by atoms with Crippen LogP contribution in [0.25, 0.3) is 11.0 Å². The van der Waals surface area contributed by atoms with Crippen LogP contribution >= 0.6 is 0 Å². The van der Waals surface area contributed by atoms with Crippen molar-refractivity contribution in [2.45, 2.75) is 19.4 Å². The van der Waals surface area contributed by atoms with Crippen LogP contribution in [0.5, 0.6) is 0 Å². The van der Waals surface area contributed by atoms with Crippen LogP contribution in [-0.2, 0) is 17.7 Å². The molecule has 1 aromatic heterocycles. The molecule has 27 heavy (non-hydrogen) atoms. The molecular weight excluding hydrogens is 346 g/mol. The molecule has 2 N–H and O–H groups in total. The molecule has 2 amide bonds. The van der Waals surface area contributed by atoms with E-state index in [0.29, 0.717) is 35.4 Å². The molecule has 0 saturated carbocycles. The molecule has 138 valence electrons. The number of rotatable bonds is 2. The van der Waals surface area contributed by atoms with Gasteiger partial charge in [-0.3, -0.25) is 0 Å². The Morgan fingerprint density at radius 1 is 1.19 bits per heavy atom. The maximum atomic E-state index is 12.8. The van der Waals surface area contributed by atoms with E-state index in [1.54, 1.807) is 17.0 Å². The molecule has 3 aromatic rings. The van der Waals surface area contributed by atoms with Gasteiger partial charge >= 0.3 is 12.0 Å². The van der Waals surface area contributed by atoms with E-state index < -0.39 is 0 Å². The van der Waals surface area contributed by atoms with Crippen LogP contribution in [-0.4, -0.2) is 46.0 Å². The lowest BCUT2D eigenvalue weighted by molar-refractivity contribution is 0.0600. The minimum absolute atomic E-state index is 0.207.